The van der Waals surface area contributed by atoms with E-state index in [0.717, 1.165) is 31.4 Å². The molecule has 2 N–H and O–H groups in total. The Labute approximate surface area is 153 Å². The summed E-state index contributed by atoms with van der Waals surface area (Å²) in [5.41, 5.74) is 5.65. The number of carbonyl (C=O) groups is 1. The first-order chi connectivity index (χ1) is 12.3. The summed E-state index contributed by atoms with van der Waals surface area (Å²) in [7, 11) is 0. The van der Waals surface area contributed by atoms with Crippen LogP contribution in [-0.2, 0) is 11.2 Å². The maximum absolute atomic E-state index is 11.8. The van der Waals surface area contributed by atoms with Gasteiger partial charge in [-0.2, -0.15) is 11.8 Å². The fourth-order valence-electron chi connectivity index (χ4n) is 3.50. The lowest BCUT2D eigenvalue weighted by molar-refractivity contribution is -0.134. The molecule has 3 nitrogen and oxygen atoms in total. The average molecular weight is 356 g/mol. The van der Waals surface area contributed by atoms with Crippen molar-refractivity contribution in [2.45, 2.75) is 37.4 Å². The molecule has 132 valence electrons. The Morgan fingerprint density at radius 2 is 1.68 bits per heavy atom. The number of benzene rings is 2. The lowest BCUT2D eigenvalue weighted by Gasteiger charge is -2.29. The summed E-state index contributed by atoms with van der Waals surface area (Å²) in [6.07, 6.45) is 5.21. The van der Waals surface area contributed by atoms with E-state index in [0.29, 0.717) is 5.25 Å². The lowest BCUT2D eigenvalue weighted by Crippen LogP contribution is -2.36. The molecule has 1 fully saturated rings. The normalized spacial score (nSPS) is 20.2. The number of thioether (sulfide) groups is 1. The van der Waals surface area contributed by atoms with E-state index < -0.39 is 0 Å². The standard InChI is InChI=1S/C21H25NO2S/c23-21(22-24)19-8-4-5-9-20(19)25-15-14-16-10-12-18(13-11-16)17-6-2-1-3-7-17/h1-3,6-7,10-13,19-20,24H,4-5,8-9,14-15H2,(H,22,23)/t19-,20-/m1/s1. The van der Waals surface area contributed by atoms with Crippen molar-refractivity contribution in [1.29, 1.82) is 0 Å². The van der Waals surface area contributed by atoms with Gasteiger partial charge in [-0.05, 0) is 41.7 Å². The van der Waals surface area contributed by atoms with Gasteiger partial charge in [0, 0.05) is 5.25 Å². The van der Waals surface area contributed by atoms with Crippen molar-refractivity contribution in [3.63, 3.8) is 0 Å². The molecular weight excluding hydrogens is 330 g/mol. The van der Waals surface area contributed by atoms with Crippen molar-refractivity contribution in [1.82, 2.24) is 5.48 Å². The van der Waals surface area contributed by atoms with Crippen LogP contribution >= 0.6 is 11.8 Å². The quantitative estimate of drug-likeness (QED) is 0.583. The van der Waals surface area contributed by atoms with Gasteiger partial charge in [-0.1, -0.05) is 67.4 Å². The summed E-state index contributed by atoms with van der Waals surface area (Å²) in [5, 5.41) is 9.24. The number of hydrogen-bond donors (Lipinski definition) is 2. The van der Waals surface area contributed by atoms with Crippen LogP contribution in [0.4, 0.5) is 0 Å². The molecule has 1 aliphatic carbocycles. The van der Waals surface area contributed by atoms with Gasteiger partial charge in [0.25, 0.3) is 0 Å². The molecular formula is C21H25NO2S. The Morgan fingerprint density at radius 1 is 1.00 bits per heavy atom. The molecule has 25 heavy (non-hydrogen) atoms. The molecule has 1 saturated carbocycles. The average Bonchev–Trinajstić information content (AvgIpc) is 2.69. The fraction of sp³-hybridized carbons (Fsp3) is 0.381. The first kappa shape index (κ1) is 18.0. The zero-order valence-electron chi connectivity index (χ0n) is 14.4. The van der Waals surface area contributed by atoms with Gasteiger partial charge < -0.3 is 0 Å². The Balaban J connectivity index is 1.52. The molecule has 2 atom stereocenters. The molecule has 2 aromatic rings. The zero-order chi connectivity index (χ0) is 17.5. The highest BCUT2D eigenvalue weighted by molar-refractivity contribution is 7.99. The molecule has 0 aliphatic heterocycles. The van der Waals surface area contributed by atoms with E-state index >= 15 is 0 Å². The van der Waals surface area contributed by atoms with E-state index in [1.807, 2.05) is 23.3 Å². The molecule has 1 aliphatic rings. The minimum Gasteiger partial charge on any atom is -0.289 e. The SMILES string of the molecule is O=C(NO)[C@@H]1CCCC[C@H]1SCCc1ccc(-c2ccccc2)cc1. The van der Waals surface area contributed by atoms with Gasteiger partial charge >= 0.3 is 0 Å². The Hall–Kier alpha value is -1.78. The fourth-order valence-corrected chi connectivity index (χ4v) is 4.98. The predicted molar refractivity (Wildman–Crippen MR) is 104 cm³/mol. The van der Waals surface area contributed by atoms with E-state index in [1.165, 1.54) is 23.1 Å². The smallest absolute Gasteiger partial charge is 0.247 e. The second-order valence-electron chi connectivity index (χ2n) is 6.59. The zero-order valence-corrected chi connectivity index (χ0v) is 15.2. The van der Waals surface area contributed by atoms with E-state index in [4.69, 9.17) is 5.21 Å². The van der Waals surface area contributed by atoms with Crippen molar-refractivity contribution < 1.29 is 10.0 Å². The van der Waals surface area contributed by atoms with Gasteiger partial charge in [0.2, 0.25) is 5.91 Å². The monoisotopic (exact) mass is 355 g/mol. The van der Waals surface area contributed by atoms with E-state index in [-0.39, 0.29) is 11.8 Å². The minimum absolute atomic E-state index is 0.0517. The molecule has 4 heteroatoms. The summed E-state index contributed by atoms with van der Waals surface area (Å²) < 4.78 is 0. The van der Waals surface area contributed by atoms with Crippen LogP contribution in [0.2, 0.25) is 0 Å². The Morgan fingerprint density at radius 3 is 2.40 bits per heavy atom. The van der Waals surface area contributed by atoms with Gasteiger partial charge in [0.05, 0.1) is 5.92 Å². The van der Waals surface area contributed by atoms with Crippen molar-refractivity contribution in [2.75, 3.05) is 5.75 Å². The molecule has 0 bridgehead atoms. The maximum atomic E-state index is 11.8. The van der Waals surface area contributed by atoms with Crippen molar-refractivity contribution in [3.8, 4) is 11.1 Å². The van der Waals surface area contributed by atoms with Crippen LogP contribution in [0, 0.1) is 5.92 Å². The van der Waals surface area contributed by atoms with E-state index in [2.05, 4.69) is 48.5 Å². The van der Waals surface area contributed by atoms with Gasteiger partial charge in [-0.15, -0.1) is 0 Å². The molecule has 0 saturated heterocycles. The number of nitrogens with one attached hydrogen (secondary N) is 1. The van der Waals surface area contributed by atoms with Crippen LogP contribution in [0.5, 0.6) is 0 Å². The van der Waals surface area contributed by atoms with Crippen LogP contribution in [-0.4, -0.2) is 22.1 Å². The molecule has 0 unspecified atom stereocenters. The van der Waals surface area contributed by atoms with E-state index in [9.17, 15) is 4.79 Å². The van der Waals surface area contributed by atoms with E-state index in [1.54, 1.807) is 0 Å². The van der Waals surface area contributed by atoms with Crippen molar-refractivity contribution in [3.05, 3.63) is 60.2 Å². The van der Waals surface area contributed by atoms with Crippen LogP contribution < -0.4 is 5.48 Å². The molecule has 2 aromatic carbocycles. The Kier molecular flexibility index (Phi) is 6.54. The van der Waals surface area contributed by atoms with Crippen LogP contribution in [0.3, 0.4) is 0 Å². The third-order valence-corrected chi connectivity index (χ3v) is 6.37. The summed E-state index contributed by atoms with van der Waals surface area (Å²) in [5.74, 6) is 0.735. The molecule has 0 aromatic heterocycles. The number of carbonyl (C=O) groups excluding carboxylic acids is 1. The Bertz CT molecular complexity index is 672. The molecule has 0 heterocycles. The molecule has 1 amide bonds. The summed E-state index contributed by atoms with van der Waals surface area (Å²) >= 11 is 1.87. The number of rotatable bonds is 6. The van der Waals surface area contributed by atoms with Crippen LogP contribution in [0.15, 0.2) is 54.6 Å². The topological polar surface area (TPSA) is 49.3 Å². The van der Waals surface area contributed by atoms with Gasteiger partial charge in [-0.3, -0.25) is 10.0 Å². The number of amides is 1. The number of aryl methyl sites for hydroxylation is 1. The summed E-state index contributed by atoms with van der Waals surface area (Å²) in [4.78, 5) is 11.8. The second-order valence-corrected chi connectivity index (χ2v) is 7.94. The first-order valence-corrected chi connectivity index (χ1v) is 10.0. The van der Waals surface area contributed by atoms with Crippen molar-refractivity contribution in [2.24, 2.45) is 5.92 Å². The lowest BCUT2D eigenvalue weighted by atomic mass is 9.88. The second kappa shape index (κ2) is 9.07. The number of hydrogen-bond acceptors (Lipinski definition) is 3. The summed E-state index contributed by atoms with van der Waals surface area (Å²) in [6.45, 7) is 0. The van der Waals surface area contributed by atoms with Crippen molar-refractivity contribution >= 4 is 17.7 Å². The maximum Gasteiger partial charge on any atom is 0.247 e. The molecule has 0 radical (unpaired) electrons. The minimum atomic E-state index is -0.218. The third kappa shape index (κ3) is 4.86. The highest BCUT2D eigenvalue weighted by Crippen LogP contribution is 2.34. The van der Waals surface area contributed by atoms with Crippen LogP contribution in [0.1, 0.15) is 31.2 Å². The van der Waals surface area contributed by atoms with Crippen LogP contribution in [0.25, 0.3) is 11.1 Å². The first-order valence-electron chi connectivity index (χ1n) is 8.98. The highest BCUT2D eigenvalue weighted by atomic mass is 32.2. The third-order valence-electron chi connectivity index (χ3n) is 4.93. The largest absolute Gasteiger partial charge is 0.289 e. The predicted octanol–water partition coefficient (Wildman–Crippen LogP) is 4.69. The van der Waals surface area contributed by atoms with Gasteiger partial charge in [0.15, 0.2) is 0 Å². The molecule has 3 rings (SSSR count). The molecule has 0 spiro atoms. The highest BCUT2D eigenvalue weighted by Gasteiger charge is 2.30. The summed E-state index contributed by atoms with van der Waals surface area (Å²) in [6, 6.07) is 19.1. The van der Waals surface area contributed by atoms with Gasteiger partial charge in [-0.25, -0.2) is 5.48 Å². The number of hydroxylamine groups is 1. The van der Waals surface area contributed by atoms with Gasteiger partial charge in [0.1, 0.15) is 0 Å².